The van der Waals surface area contributed by atoms with Crippen LogP contribution >= 0.6 is 12.2 Å². The third-order valence-electron chi connectivity index (χ3n) is 3.88. The van der Waals surface area contributed by atoms with E-state index in [2.05, 4.69) is 16.9 Å². The molecule has 0 saturated carbocycles. The molecular formula is C15H19N3OS. The van der Waals surface area contributed by atoms with E-state index >= 15 is 0 Å². The van der Waals surface area contributed by atoms with Gasteiger partial charge in [0.25, 0.3) is 4.84 Å². The fourth-order valence-corrected chi connectivity index (χ4v) is 2.81. The molecule has 0 aliphatic carbocycles. The van der Waals surface area contributed by atoms with E-state index < -0.39 is 0 Å². The highest BCUT2D eigenvalue weighted by molar-refractivity contribution is 7.71. The quantitative estimate of drug-likeness (QED) is 0.807. The van der Waals surface area contributed by atoms with Gasteiger partial charge in [0.15, 0.2) is 0 Å². The summed E-state index contributed by atoms with van der Waals surface area (Å²) in [6.45, 7) is 4.09. The largest absolute Gasteiger partial charge is 0.409 e. The Balaban J connectivity index is 1.81. The second-order valence-electron chi connectivity index (χ2n) is 5.34. The maximum atomic E-state index is 5.62. The van der Waals surface area contributed by atoms with E-state index in [1.807, 2.05) is 30.3 Å². The number of piperidine rings is 1. The highest BCUT2D eigenvalue weighted by Gasteiger charge is 2.19. The molecule has 5 heteroatoms. The first-order valence-electron chi connectivity index (χ1n) is 7.11. The SMILES string of the molecule is CC1CCCCN1Cn1nc(-c2ccccc2)oc1=S. The molecule has 2 aromatic rings. The number of nitrogens with zero attached hydrogens (tertiary/aromatic N) is 3. The lowest BCUT2D eigenvalue weighted by molar-refractivity contribution is 0.113. The molecule has 0 amide bonds. The molecule has 2 heterocycles. The average Bonchev–Trinajstić information content (AvgIpc) is 2.84. The third kappa shape index (κ3) is 2.83. The standard InChI is InChI=1S/C15H19N3OS/c1-12-7-5-6-10-17(12)11-18-15(20)19-14(16-18)13-8-3-2-4-9-13/h2-4,8-9,12H,5-7,10-11H2,1H3. The maximum absolute atomic E-state index is 5.62. The van der Waals surface area contributed by atoms with E-state index in [9.17, 15) is 0 Å². The number of hydrogen-bond donors (Lipinski definition) is 0. The van der Waals surface area contributed by atoms with Gasteiger partial charge in [-0.05, 0) is 44.1 Å². The highest BCUT2D eigenvalue weighted by atomic mass is 32.1. The number of hydrogen-bond acceptors (Lipinski definition) is 4. The van der Waals surface area contributed by atoms with Crippen molar-refractivity contribution in [3.8, 4) is 11.5 Å². The minimum Gasteiger partial charge on any atom is -0.409 e. The van der Waals surface area contributed by atoms with Crippen LogP contribution in [0.2, 0.25) is 0 Å². The van der Waals surface area contributed by atoms with Crippen molar-refractivity contribution in [2.24, 2.45) is 0 Å². The van der Waals surface area contributed by atoms with Crippen LogP contribution < -0.4 is 0 Å². The molecule has 1 unspecified atom stereocenters. The van der Waals surface area contributed by atoms with Crippen LogP contribution in [0.25, 0.3) is 11.5 Å². The van der Waals surface area contributed by atoms with Crippen molar-refractivity contribution >= 4 is 12.2 Å². The zero-order valence-corrected chi connectivity index (χ0v) is 12.5. The first-order valence-corrected chi connectivity index (χ1v) is 7.52. The number of aromatic nitrogens is 2. The van der Waals surface area contributed by atoms with Crippen molar-refractivity contribution in [1.29, 1.82) is 0 Å². The Kier molecular flexibility index (Phi) is 3.98. The highest BCUT2D eigenvalue weighted by Crippen LogP contribution is 2.20. The van der Waals surface area contributed by atoms with Crippen molar-refractivity contribution in [3.05, 3.63) is 35.2 Å². The molecule has 4 nitrogen and oxygen atoms in total. The van der Waals surface area contributed by atoms with Gasteiger partial charge in [-0.1, -0.05) is 24.6 Å². The van der Waals surface area contributed by atoms with Crippen LogP contribution in [0.1, 0.15) is 26.2 Å². The molecule has 0 bridgehead atoms. The zero-order valence-electron chi connectivity index (χ0n) is 11.7. The van der Waals surface area contributed by atoms with Crippen molar-refractivity contribution in [1.82, 2.24) is 14.7 Å². The van der Waals surface area contributed by atoms with Gasteiger partial charge in [0.1, 0.15) is 0 Å². The van der Waals surface area contributed by atoms with Gasteiger partial charge in [-0.2, -0.15) is 0 Å². The van der Waals surface area contributed by atoms with Crippen LogP contribution in [-0.2, 0) is 6.67 Å². The molecule has 1 atom stereocenters. The van der Waals surface area contributed by atoms with Gasteiger partial charge in [-0.3, -0.25) is 4.90 Å². The fourth-order valence-electron chi connectivity index (χ4n) is 2.63. The second kappa shape index (κ2) is 5.89. The predicted molar refractivity (Wildman–Crippen MR) is 80.8 cm³/mol. The summed E-state index contributed by atoms with van der Waals surface area (Å²) in [7, 11) is 0. The Morgan fingerprint density at radius 3 is 2.85 bits per heavy atom. The molecule has 1 saturated heterocycles. The molecule has 3 rings (SSSR count). The van der Waals surface area contributed by atoms with Gasteiger partial charge < -0.3 is 4.42 Å². The third-order valence-corrected chi connectivity index (χ3v) is 4.18. The second-order valence-corrected chi connectivity index (χ2v) is 5.69. The molecule has 1 fully saturated rings. The first-order chi connectivity index (χ1) is 9.74. The Labute approximate surface area is 124 Å². The summed E-state index contributed by atoms with van der Waals surface area (Å²) in [5, 5.41) is 4.51. The van der Waals surface area contributed by atoms with E-state index in [0.29, 0.717) is 16.8 Å². The van der Waals surface area contributed by atoms with Gasteiger partial charge in [-0.15, -0.1) is 5.10 Å². The van der Waals surface area contributed by atoms with E-state index in [-0.39, 0.29) is 0 Å². The minimum atomic E-state index is 0.446. The Morgan fingerprint density at radius 2 is 2.10 bits per heavy atom. The van der Waals surface area contributed by atoms with Gasteiger partial charge in [0.05, 0.1) is 6.67 Å². The summed E-state index contributed by atoms with van der Waals surface area (Å²) in [5.74, 6) is 0.597. The monoisotopic (exact) mass is 289 g/mol. The molecule has 20 heavy (non-hydrogen) atoms. The van der Waals surface area contributed by atoms with E-state index in [1.165, 1.54) is 19.3 Å². The molecule has 1 aliphatic rings. The lowest BCUT2D eigenvalue weighted by Crippen LogP contribution is -2.38. The fraction of sp³-hybridized carbons (Fsp3) is 0.467. The Morgan fingerprint density at radius 1 is 1.30 bits per heavy atom. The van der Waals surface area contributed by atoms with Crippen molar-refractivity contribution in [2.45, 2.75) is 38.9 Å². The van der Waals surface area contributed by atoms with Crippen molar-refractivity contribution in [2.75, 3.05) is 6.54 Å². The Hall–Kier alpha value is -1.46. The van der Waals surface area contributed by atoms with Gasteiger partial charge in [0.2, 0.25) is 5.89 Å². The average molecular weight is 289 g/mol. The summed E-state index contributed by atoms with van der Waals surface area (Å²) in [4.78, 5) is 2.86. The molecule has 0 spiro atoms. The topological polar surface area (TPSA) is 34.2 Å². The summed E-state index contributed by atoms with van der Waals surface area (Å²) in [6.07, 6.45) is 3.81. The molecule has 1 aliphatic heterocycles. The van der Waals surface area contributed by atoms with Crippen molar-refractivity contribution < 1.29 is 4.42 Å². The molecule has 1 aromatic carbocycles. The Bertz CT molecular complexity index is 620. The summed E-state index contributed by atoms with van der Waals surface area (Å²) in [6, 6.07) is 10.5. The van der Waals surface area contributed by atoms with Crippen LogP contribution in [0.4, 0.5) is 0 Å². The lowest BCUT2D eigenvalue weighted by Gasteiger charge is -2.32. The molecule has 0 N–H and O–H groups in total. The number of rotatable bonds is 3. The van der Waals surface area contributed by atoms with E-state index in [1.54, 1.807) is 4.68 Å². The van der Waals surface area contributed by atoms with Crippen LogP contribution in [0.15, 0.2) is 34.7 Å². The van der Waals surface area contributed by atoms with Gasteiger partial charge in [-0.25, -0.2) is 4.68 Å². The van der Waals surface area contributed by atoms with E-state index in [0.717, 1.165) is 18.8 Å². The van der Waals surface area contributed by atoms with E-state index in [4.69, 9.17) is 16.6 Å². The molecule has 0 radical (unpaired) electrons. The zero-order chi connectivity index (χ0) is 13.9. The number of benzene rings is 1. The lowest BCUT2D eigenvalue weighted by atomic mass is 10.0. The van der Waals surface area contributed by atoms with Crippen LogP contribution in [0, 0.1) is 4.84 Å². The number of likely N-dealkylation sites (tertiary alicyclic amines) is 1. The van der Waals surface area contributed by atoms with Crippen LogP contribution in [-0.4, -0.2) is 27.3 Å². The van der Waals surface area contributed by atoms with Gasteiger partial charge in [0, 0.05) is 18.2 Å². The summed E-state index contributed by atoms with van der Waals surface area (Å²) < 4.78 is 7.41. The summed E-state index contributed by atoms with van der Waals surface area (Å²) in [5.41, 5.74) is 0.962. The maximum Gasteiger partial charge on any atom is 0.288 e. The summed E-state index contributed by atoms with van der Waals surface area (Å²) >= 11 is 5.29. The van der Waals surface area contributed by atoms with Crippen LogP contribution in [0.5, 0.6) is 0 Å². The predicted octanol–water partition coefficient (Wildman–Crippen LogP) is 3.70. The first kappa shape index (κ1) is 13.5. The van der Waals surface area contributed by atoms with Crippen LogP contribution in [0.3, 0.4) is 0 Å². The minimum absolute atomic E-state index is 0.446. The normalized spacial score (nSPS) is 20.1. The van der Waals surface area contributed by atoms with Gasteiger partial charge >= 0.3 is 0 Å². The molecular weight excluding hydrogens is 270 g/mol. The molecule has 1 aromatic heterocycles. The molecule has 106 valence electrons. The smallest absolute Gasteiger partial charge is 0.288 e. The van der Waals surface area contributed by atoms with Crippen molar-refractivity contribution in [3.63, 3.8) is 0 Å².